The van der Waals surface area contributed by atoms with Crippen molar-refractivity contribution in [1.29, 1.82) is 0 Å². The van der Waals surface area contributed by atoms with Crippen LogP contribution in [0.1, 0.15) is 30.5 Å². The molecule has 0 fully saturated rings. The van der Waals surface area contributed by atoms with Crippen LogP contribution in [0.15, 0.2) is 61.2 Å². The number of hydrogen-bond donors (Lipinski definition) is 2. The largest absolute Gasteiger partial charge is 0.490 e. The molecule has 0 bridgehead atoms. The van der Waals surface area contributed by atoms with E-state index in [1.807, 2.05) is 24.3 Å². The van der Waals surface area contributed by atoms with Crippen molar-refractivity contribution < 1.29 is 4.74 Å². The quantitative estimate of drug-likeness (QED) is 0.549. The molecule has 0 amide bonds. The summed E-state index contributed by atoms with van der Waals surface area (Å²) in [6.45, 7) is 8.41. The first kappa shape index (κ1) is 18.0. The highest BCUT2D eigenvalue weighted by molar-refractivity contribution is 7.80. The summed E-state index contributed by atoms with van der Waals surface area (Å²) >= 11 is 5.46. The van der Waals surface area contributed by atoms with Gasteiger partial charge in [-0.05, 0) is 61.0 Å². The fraction of sp³-hybridized carbons (Fsp3) is 0.250. The van der Waals surface area contributed by atoms with Crippen molar-refractivity contribution in [2.75, 3.05) is 11.9 Å². The van der Waals surface area contributed by atoms with Crippen molar-refractivity contribution in [1.82, 2.24) is 5.32 Å². The minimum Gasteiger partial charge on any atom is -0.490 e. The molecule has 2 N–H and O–H groups in total. The fourth-order valence-corrected chi connectivity index (χ4v) is 2.75. The lowest BCUT2D eigenvalue weighted by Crippen LogP contribution is -2.32. The molecule has 0 aliphatic carbocycles. The summed E-state index contributed by atoms with van der Waals surface area (Å²) in [6.07, 6.45) is 2.68. The lowest BCUT2D eigenvalue weighted by Gasteiger charge is -2.21. The highest BCUT2D eigenvalue weighted by Gasteiger charge is 2.12. The van der Waals surface area contributed by atoms with Crippen molar-refractivity contribution in [2.45, 2.75) is 26.3 Å². The molecule has 0 unspecified atom stereocenters. The maximum atomic E-state index is 5.47. The molecule has 24 heavy (non-hydrogen) atoms. The van der Waals surface area contributed by atoms with Crippen LogP contribution in [0.4, 0.5) is 5.69 Å². The maximum absolute atomic E-state index is 5.47. The van der Waals surface area contributed by atoms with Gasteiger partial charge in [0.1, 0.15) is 12.4 Å². The van der Waals surface area contributed by atoms with E-state index in [1.54, 1.807) is 6.08 Å². The van der Waals surface area contributed by atoms with Crippen LogP contribution in [0.2, 0.25) is 0 Å². The van der Waals surface area contributed by atoms with Crippen LogP contribution < -0.4 is 15.4 Å². The minimum absolute atomic E-state index is 0.196. The summed E-state index contributed by atoms with van der Waals surface area (Å²) in [5, 5.41) is 7.24. The van der Waals surface area contributed by atoms with Gasteiger partial charge >= 0.3 is 0 Å². The zero-order valence-electron chi connectivity index (χ0n) is 14.2. The Labute approximate surface area is 149 Å². The molecule has 0 saturated heterocycles. The van der Waals surface area contributed by atoms with Crippen LogP contribution in [-0.4, -0.2) is 11.7 Å². The summed E-state index contributed by atoms with van der Waals surface area (Å²) in [6, 6.07) is 16.3. The molecule has 2 rings (SSSR count). The van der Waals surface area contributed by atoms with Gasteiger partial charge in [-0.1, -0.05) is 43.8 Å². The van der Waals surface area contributed by atoms with Crippen molar-refractivity contribution >= 4 is 23.0 Å². The zero-order valence-corrected chi connectivity index (χ0v) is 15.0. The third-order valence-electron chi connectivity index (χ3n) is 3.76. The monoisotopic (exact) mass is 340 g/mol. The minimum atomic E-state index is 0.196. The molecule has 0 heterocycles. The topological polar surface area (TPSA) is 33.3 Å². The summed E-state index contributed by atoms with van der Waals surface area (Å²) in [7, 11) is 0. The van der Waals surface area contributed by atoms with E-state index < -0.39 is 0 Å². The second-order valence-corrected chi connectivity index (χ2v) is 5.95. The van der Waals surface area contributed by atoms with Gasteiger partial charge in [0.2, 0.25) is 0 Å². The van der Waals surface area contributed by atoms with E-state index in [2.05, 4.69) is 55.3 Å². The molecular formula is C20H24N2OS. The number of rotatable bonds is 7. The maximum Gasteiger partial charge on any atom is 0.171 e. The van der Waals surface area contributed by atoms with Gasteiger partial charge in [0, 0.05) is 5.69 Å². The van der Waals surface area contributed by atoms with Crippen LogP contribution in [0.25, 0.3) is 0 Å². The molecule has 0 spiro atoms. The van der Waals surface area contributed by atoms with E-state index in [9.17, 15) is 0 Å². The molecule has 0 saturated carbocycles. The summed E-state index contributed by atoms with van der Waals surface area (Å²) in [5.74, 6) is 0.811. The zero-order chi connectivity index (χ0) is 17.4. The number of aryl methyl sites for hydroxylation is 1. The van der Waals surface area contributed by atoms with Crippen LogP contribution >= 0.6 is 12.2 Å². The molecule has 2 aromatic rings. The van der Waals surface area contributed by atoms with Crippen molar-refractivity contribution in [3.63, 3.8) is 0 Å². The molecule has 1 atom stereocenters. The molecule has 0 aromatic heterocycles. The van der Waals surface area contributed by atoms with E-state index >= 15 is 0 Å². The standard InChI is InChI=1S/C20H24N2OS/c1-4-14-23-17-12-10-16(11-13-17)21-20(24)22-19(5-2)18-9-7-6-8-15(18)3/h4,6-13,19H,1,5,14H2,2-3H3,(H2,21,22,24)/t19-/m0/s1. The Hall–Kier alpha value is -2.33. The van der Waals surface area contributed by atoms with Crippen LogP contribution in [-0.2, 0) is 0 Å². The van der Waals surface area contributed by atoms with E-state index in [1.165, 1.54) is 11.1 Å². The van der Waals surface area contributed by atoms with Crippen LogP contribution in [0.5, 0.6) is 5.75 Å². The lowest BCUT2D eigenvalue weighted by molar-refractivity contribution is 0.363. The van der Waals surface area contributed by atoms with Gasteiger partial charge in [0.15, 0.2) is 5.11 Å². The predicted molar refractivity (Wildman–Crippen MR) is 106 cm³/mol. The summed E-state index contributed by atoms with van der Waals surface area (Å²) in [4.78, 5) is 0. The molecule has 4 heteroatoms. The Balaban J connectivity index is 1.96. The second kappa shape index (κ2) is 9.08. The lowest BCUT2D eigenvalue weighted by atomic mass is 10.00. The first-order valence-electron chi connectivity index (χ1n) is 8.10. The van der Waals surface area contributed by atoms with Crippen LogP contribution in [0.3, 0.4) is 0 Å². The molecule has 126 valence electrons. The molecule has 2 aromatic carbocycles. The van der Waals surface area contributed by atoms with Gasteiger partial charge in [-0.3, -0.25) is 0 Å². The first-order valence-corrected chi connectivity index (χ1v) is 8.51. The van der Waals surface area contributed by atoms with E-state index in [-0.39, 0.29) is 6.04 Å². The Morgan fingerprint density at radius 3 is 2.54 bits per heavy atom. The van der Waals surface area contributed by atoms with Gasteiger partial charge in [-0.2, -0.15) is 0 Å². The molecule has 3 nitrogen and oxygen atoms in total. The molecule has 0 radical (unpaired) electrons. The van der Waals surface area contributed by atoms with E-state index in [4.69, 9.17) is 17.0 Å². The second-order valence-electron chi connectivity index (χ2n) is 5.54. The Bertz CT molecular complexity index is 682. The average Bonchev–Trinajstić information content (AvgIpc) is 2.60. The fourth-order valence-electron chi connectivity index (χ4n) is 2.49. The van der Waals surface area contributed by atoms with Gasteiger partial charge in [0.25, 0.3) is 0 Å². The summed E-state index contributed by atoms with van der Waals surface area (Å²) in [5.41, 5.74) is 3.47. The first-order chi connectivity index (χ1) is 11.6. The normalized spacial score (nSPS) is 11.4. The number of thiocarbonyl (C=S) groups is 1. The Morgan fingerprint density at radius 1 is 1.21 bits per heavy atom. The van der Waals surface area contributed by atoms with E-state index in [0.717, 1.165) is 17.9 Å². The third-order valence-corrected chi connectivity index (χ3v) is 3.98. The third kappa shape index (κ3) is 5.10. The predicted octanol–water partition coefficient (Wildman–Crippen LogP) is 5.00. The molecule has 0 aliphatic rings. The number of hydrogen-bond acceptors (Lipinski definition) is 2. The Morgan fingerprint density at radius 2 is 1.92 bits per heavy atom. The number of nitrogens with one attached hydrogen (secondary N) is 2. The number of benzene rings is 2. The molecular weight excluding hydrogens is 316 g/mol. The van der Waals surface area contributed by atoms with Gasteiger partial charge in [-0.15, -0.1) is 0 Å². The Kier molecular flexibility index (Phi) is 6.82. The highest BCUT2D eigenvalue weighted by Crippen LogP contribution is 2.21. The van der Waals surface area contributed by atoms with Gasteiger partial charge in [0.05, 0.1) is 6.04 Å². The van der Waals surface area contributed by atoms with Crippen LogP contribution in [0, 0.1) is 6.92 Å². The molecule has 0 aliphatic heterocycles. The van der Waals surface area contributed by atoms with Crippen molar-refractivity contribution in [3.8, 4) is 5.75 Å². The van der Waals surface area contributed by atoms with Gasteiger partial charge in [-0.25, -0.2) is 0 Å². The highest BCUT2D eigenvalue weighted by atomic mass is 32.1. The van der Waals surface area contributed by atoms with Gasteiger partial charge < -0.3 is 15.4 Å². The van der Waals surface area contributed by atoms with Crippen molar-refractivity contribution in [2.24, 2.45) is 0 Å². The smallest absolute Gasteiger partial charge is 0.171 e. The number of ether oxygens (including phenoxy) is 1. The van der Waals surface area contributed by atoms with E-state index in [0.29, 0.717) is 11.7 Å². The van der Waals surface area contributed by atoms with Crippen molar-refractivity contribution in [3.05, 3.63) is 72.3 Å². The summed E-state index contributed by atoms with van der Waals surface area (Å²) < 4.78 is 5.47. The number of anilines is 1. The average molecular weight is 340 g/mol. The SMILES string of the molecule is C=CCOc1ccc(NC(=S)N[C@@H](CC)c2ccccc2C)cc1.